The van der Waals surface area contributed by atoms with Crippen LogP contribution in [-0.2, 0) is 4.74 Å². The highest BCUT2D eigenvalue weighted by Crippen LogP contribution is 2.24. The monoisotopic (exact) mass is 444 g/mol. The number of carbonyl (C=O) groups is 2. The molecular weight excluding hydrogens is 420 g/mol. The highest BCUT2D eigenvalue weighted by Gasteiger charge is 2.16. The lowest BCUT2D eigenvalue weighted by Crippen LogP contribution is -2.27. The molecule has 1 aromatic heterocycles. The van der Waals surface area contributed by atoms with E-state index in [4.69, 9.17) is 9.15 Å². The maximum Gasteiger partial charge on any atom is 0.412 e. The van der Waals surface area contributed by atoms with Crippen LogP contribution in [-0.4, -0.2) is 17.6 Å². The van der Waals surface area contributed by atoms with Gasteiger partial charge in [-0.25, -0.2) is 9.59 Å². The van der Waals surface area contributed by atoms with Crippen LogP contribution < -0.4 is 16.3 Å². The second-order valence-electron chi connectivity index (χ2n) is 8.82. The minimum Gasteiger partial charge on any atom is -0.444 e. The van der Waals surface area contributed by atoms with Gasteiger partial charge in [-0.05, 0) is 80.4 Å². The van der Waals surface area contributed by atoms with E-state index in [0.29, 0.717) is 22.5 Å². The third-order valence-corrected chi connectivity index (χ3v) is 4.96. The lowest BCUT2D eigenvalue weighted by atomic mass is 10.1. The Hall–Kier alpha value is -4.13. The molecule has 0 fully saturated rings. The van der Waals surface area contributed by atoms with Gasteiger partial charge >= 0.3 is 11.7 Å². The van der Waals surface area contributed by atoms with Crippen LogP contribution in [0.2, 0.25) is 0 Å². The van der Waals surface area contributed by atoms with E-state index in [1.165, 1.54) is 6.07 Å². The minimum atomic E-state index is -0.585. The van der Waals surface area contributed by atoms with Crippen LogP contribution >= 0.6 is 0 Å². The van der Waals surface area contributed by atoms with Gasteiger partial charge in [0, 0.05) is 34.5 Å². The van der Waals surface area contributed by atoms with Gasteiger partial charge in [-0.3, -0.25) is 10.1 Å². The van der Waals surface area contributed by atoms with Gasteiger partial charge in [0.25, 0.3) is 5.91 Å². The van der Waals surface area contributed by atoms with Crippen molar-refractivity contribution in [3.63, 3.8) is 0 Å². The lowest BCUT2D eigenvalue weighted by Gasteiger charge is -2.19. The first-order valence-electron chi connectivity index (χ1n) is 10.5. The van der Waals surface area contributed by atoms with E-state index in [-0.39, 0.29) is 5.91 Å². The second-order valence-corrected chi connectivity index (χ2v) is 8.82. The number of nitrogens with one attached hydrogen (secondary N) is 2. The molecule has 3 aromatic carbocycles. The van der Waals surface area contributed by atoms with Gasteiger partial charge < -0.3 is 14.5 Å². The summed E-state index contributed by atoms with van der Waals surface area (Å²) in [7, 11) is 0. The van der Waals surface area contributed by atoms with E-state index < -0.39 is 17.3 Å². The average Bonchev–Trinajstić information content (AvgIpc) is 2.71. The summed E-state index contributed by atoms with van der Waals surface area (Å²) >= 11 is 0. The summed E-state index contributed by atoms with van der Waals surface area (Å²) in [5.74, 6) is -0.290. The van der Waals surface area contributed by atoms with Crippen LogP contribution in [0, 0.1) is 6.92 Å². The Morgan fingerprint density at radius 3 is 2.27 bits per heavy atom. The molecule has 0 aliphatic heterocycles. The van der Waals surface area contributed by atoms with Crippen molar-refractivity contribution in [1.82, 2.24) is 0 Å². The smallest absolute Gasteiger partial charge is 0.412 e. The van der Waals surface area contributed by atoms with E-state index in [9.17, 15) is 14.4 Å². The highest BCUT2D eigenvalue weighted by atomic mass is 16.6. The van der Waals surface area contributed by atoms with Gasteiger partial charge in [-0.15, -0.1) is 0 Å². The van der Waals surface area contributed by atoms with Crippen LogP contribution in [0.25, 0.3) is 21.7 Å². The maximum absolute atomic E-state index is 12.8. The molecule has 0 spiro atoms. The van der Waals surface area contributed by atoms with E-state index in [1.54, 1.807) is 51.1 Å². The third kappa shape index (κ3) is 5.20. The molecular formula is C26H24N2O5. The van der Waals surface area contributed by atoms with Gasteiger partial charge in [-0.1, -0.05) is 12.1 Å². The fourth-order valence-electron chi connectivity index (χ4n) is 3.49. The molecule has 4 rings (SSSR count). The minimum absolute atomic E-state index is 0.290. The first kappa shape index (κ1) is 22.1. The Morgan fingerprint density at radius 1 is 0.848 bits per heavy atom. The number of hydrogen-bond donors (Lipinski definition) is 2. The largest absolute Gasteiger partial charge is 0.444 e. The summed E-state index contributed by atoms with van der Waals surface area (Å²) in [5.41, 5.74) is 1.81. The van der Waals surface area contributed by atoms with Gasteiger partial charge in [0.15, 0.2) is 0 Å². The van der Waals surface area contributed by atoms with Crippen molar-refractivity contribution < 1.29 is 18.7 Å². The van der Waals surface area contributed by atoms with Gasteiger partial charge in [0.05, 0.1) is 0 Å². The van der Waals surface area contributed by atoms with Crippen molar-refractivity contribution >= 4 is 45.1 Å². The molecule has 168 valence electrons. The van der Waals surface area contributed by atoms with Gasteiger partial charge in [0.2, 0.25) is 0 Å². The summed E-state index contributed by atoms with van der Waals surface area (Å²) in [4.78, 5) is 36.4. The number of hydrogen-bond acceptors (Lipinski definition) is 5. The molecule has 33 heavy (non-hydrogen) atoms. The molecule has 2 amide bonds. The molecule has 1 heterocycles. The van der Waals surface area contributed by atoms with Crippen molar-refractivity contribution in [2.75, 3.05) is 10.6 Å². The molecule has 0 aliphatic carbocycles. The van der Waals surface area contributed by atoms with Gasteiger partial charge in [-0.2, -0.15) is 0 Å². The number of amides is 2. The fourth-order valence-corrected chi connectivity index (χ4v) is 3.49. The number of fused-ring (bicyclic) bond motifs is 2. The molecule has 4 aromatic rings. The second kappa shape index (κ2) is 8.43. The summed E-state index contributed by atoms with van der Waals surface area (Å²) in [6.07, 6.45) is -0.528. The SMILES string of the molecule is Cc1cc(=O)oc2cc(NC(=O)c3ccc4cc(NC(=O)OC(C)(C)C)ccc4c3)ccc12. The third-order valence-electron chi connectivity index (χ3n) is 4.96. The zero-order valence-corrected chi connectivity index (χ0v) is 18.8. The number of rotatable bonds is 3. The predicted octanol–water partition coefficient (Wildman–Crippen LogP) is 5.85. The van der Waals surface area contributed by atoms with Crippen LogP contribution in [0.1, 0.15) is 36.7 Å². The first-order chi connectivity index (χ1) is 15.6. The topological polar surface area (TPSA) is 97.6 Å². The highest BCUT2D eigenvalue weighted by molar-refractivity contribution is 6.07. The molecule has 0 saturated carbocycles. The van der Waals surface area contributed by atoms with E-state index >= 15 is 0 Å². The molecule has 2 N–H and O–H groups in total. The lowest BCUT2D eigenvalue weighted by molar-refractivity contribution is 0.0635. The summed E-state index contributed by atoms with van der Waals surface area (Å²) in [5, 5.41) is 8.07. The van der Waals surface area contributed by atoms with Crippen LogP contribution in [0.15, 0.2) is 69.9 Å². The predicted molar refractivity (Wildman–Crippen MR) is 129 cm³/mol. The first-order valence-corrected chi connectivity index (χ1v) is 10.5. The number of aryl methyl sites for hydroxylation is 1. The number of carbonyl (C=O) groups excluding carboxylic acids is 2. The van der Waals surface area contributed by atoms with Crippen LogP contribution in [0.5, 0.6) is 0 Å². The zero-order valence-electron chi connectivity index (χ0n) is 18.8. The number of anilines is 2. The van der Waals surface area contributed by atoms with Crippen molar-refractivity contribution in [2.24, 2.45) is 0 Å². The fraction of sp³-hybridized carbons (Fsp3) is 0.192. The molecule has 0 aliphatic rings. The number of benzene rings is 3. The van der Waals surface area contributed by atoms with Crippen LogP contribution in [0.3, 0.4) is 0 Å². The number of ether oxygens (including phenoxy) is 1. The molecule has 0 atom stereocenters. The Labute approximate surface area is 190 Å². The van der Waals surface area contributed by atoms with Crippen molar-refractivity contribution in [3.05, 3.63) is 82.2 Å². The Morgan fingerprint density at radius 2 is 1.52 bits per heavy atom. The summed E-state index contributed by atoms with van der Waals surface area (Å²) in [6, 6.07) is 17.3. The molecule has 7 heteroatoms. The quantitative estimate of drug-likeness (QED) is 0.386. The molecule has 7 nitrogen and oxygen atoms in total. The van der Waals surface area contributed by atoms with Crippen molar-refractivity contribution in [1.29, 1.82) is 0 Å². The van der Waals surface area contributed by atoms with E-state index in [0.717, 1.165) is 21.7 Å². The maximum atomic E-state index is 12.8. The molecule has 0 saturated heterocycles. The Bertz CT molecular complexity index is 1450. The van der Waals surface area contributed by atoms with Gasteiger partial charge in [0.1, 0.15) is 11.2 Å². The van der Waals surface area contributed by atoms with E-state index in [1.807, 2.05) is 31.2 Å². The van der Waals surface area contributed by atoms with Crippen molar-refractivity contribution in [3.8, 4) is 0 Å². The molecule has 0 radical (unpaired) electrons. The van der Waals surface area contributed by atoms with Crippen LogP contribution in [0.4, 0.5) is 16.2 Å². The standard InChI is InChI=1S/C26H24N2O5/c1-15-11-23(29)32-22-14-20(9-10-21(15)22)27-24(30)18-6-5-17-13-19(8-7-16(17)12-18)28-25(31)33-26(2,3)4/h5-14H,1-4H3,(H,27,30)(H,28,31). The van der Waals surface area contributed by atoms with Crippen molar-refractivity contribution in [2.45, 2.75) is 33.3 Å². The Balaban J connectivity index is 1.52. The summed E-state index contributed by atoms with van der Waals surface area (Å²) < 4.78 is 10.5. The Kier molecular flexibility index (Phi) is 5.64. The van der Waals surface area contributed by atoms with E-state index in [2.05, 4.69) is 10.6 Å². The molecule has 0 bridgehead atoms. The normalized spacial score (nSPS) is 11.4. The zero-order chi connectivity index (χ0) is 23.8. The average molecular weight is 444 g/mol. The molecule has 0 unspecified atom stereocenters. The summed E-state index contributed by atoms with van der Waals surface area (Å²) in [6.45, 7) is 7.23.